The first-order chi connectivity index (χ1) is 22.8. The summed E-state index contributed by atoms with van der Waals surface area (Å²) < 4.78 is 0. The van der Waals surface area contributed by atoms with Gasteiger partial charge < -0.3 is 9.80 Å². The molecule has 0 N–H and O–H groups in total. The second-order valence-corrected chi connectivity index (χ2v) is 11.8. The molecular formula is C44H30N2. The zero-order valence-electron chi connectivity index (χ0n) is 25.2. The Hall–Kier alpha value is -6.12. The predicted octanol–water partition coefficient (Wildman–Crippen LogP) is 12.6. The van der Waals surface area contributed by atoms with Crippen molar-refractivity contribution in [3.8, 4) is 22.3 Å². The molecule has 0 amide bonds. The molecule has 46 heavy (non-hydrogen) atoms. The van der Waals surface area contributed by atoms with Crippen molar-refractivity contribution in [1.29, 1.82) is 0 Å². The number of hydrogen-bond acceptors (Lipinski definition) is 2. The SMILES string of the molecule is c1ccc(N(c2ccccc2)c2cc3c4c(cc(N(c5ccccc5)c5ccccc5)cc4c2)-c2cc4ccccc4cc2-3)cc1. The van der Waals surface area contributed by atoms with E-state index in [4.69, 9.17) is 0 Å². The summed E-state index contributed by atoms with van der Waals surface area (Å²) in [6.07, 6.45) is 0. The summed E-state index contributed by atoms with van der Waals surface area (Å²) in [6, 6.07) is 65.7. The van der Waals surface area contributed by atoms with Gasteiger partial charge in [-0.25, -0.2) is 0 Å². The van der Waals surface area contributed by atoms with Crippen LogP contribution in [0.15, 0.2) is 182 Å². The first kappa shape index (κ1) is 26.3. The summed E-state index contributed by atoms with van der Waals surface area (Å²) in [6.45, 7) is 0. The van der Waals surface area contributed by atoms with E-state index in [-0.39, 0.29) is 0 Å². The molecule has 0 aliphatic heterocycles. The Morgan fingerprint density at radius 3 is 0.913 bits per heavy atom. The maximum absolute atomic E-state index is 2.39. The molecule has 2 nitrogen and oxygen atoms in total. The molecule has 0 heterocycles. The highest BCUT2D eigenvalue weighted by molar-refractivity contribution is 6.20. The van der Waals surface area contributed by atoms with Gasteiger partial charge in [-0.05, 0) is 129 Å². The van der Waals surface area contributed by atoms with E-state index >= 15 is 0 Å². The average Bonchev–Trinajstić information content (AvgIpc) is 3.42. The van der Waals surface area contributed by atoms with Gasteiger partial charge in [-0.3, -0.25) is 0 Å². The molecule has 0 spiro atoms. The number of fused-ring (bicyclic) bond motifs is 4. The normalized spacial score (nSPS) is 11.5. The smallest absolute Gasteiger partial charge is 0.0474 e. The Labute approximate surface area is 269 Å². The maximum atomic E-state index is 2.39. The van der Waals surface area contributed by atoms with Crippen LogP contribution in [-0.2, 0) is 0 Å². The largest absolute Gasteiger partial charge is 0.310 e. The lowest BCUT2D eigenvalue weighted by molar-refractivity contribution is 1.28. The third-order valence-electron chi connectivity index (χ3n) is 9.06. The Kier molecular flexibility index (Phi) is 6.17. The van der Waals surface area contributed by atoms with Crippen molar-refractivity contribution < 1.29 is 0 Å². The van der Waals surface area contributed by atoms with Gasteiger partial charge in [0, 0.05) is 34.1 Å². The van der Waals surface area contributed by atoms with Crippen LogP contribution in [0.2, 0.25) is 0 Å². The second-order valence-electron chi connectivity index (χ2n) is 11.8. The monoisotopic (exact) mass is 586 g/mol. The summed E-state index contributed by atoms with van der Waals surface area (Å²) in [5.41, 5.74) is 11.9. The molecule has 8 aromatic carbocycles. The fourth-order valence-electron chi connectivity index (χ4n) is 7.06. The highest BCUT2D eigenvalue weighted by atomic mass is 15.1. The molecular weight excluding hydrogens is 556 g/mol. The van der Waals surface area contributed by atoms with Crippen molar-refractivity contribution in [2.24, 2.45) is 0 Å². The molecule has 0 aromatic heterocycles. The standard InChI is InChI=1S/C44H30N2/c1-5-17-34(18-6-1)45(35-19-7-2-8-20-35)38-25-33-26-39(46(36-21-9-3-10-22-36)37-23-11-4-12-24-37)30-43-41-28-32-16-14-13-15-31(32)27-40(41)42(29-38)44(33)43/h1-30H. The predicted molar refractivity (Wildman–Crippen MR) is 195 cm³/mol. The van der Waals surface area contributed by atoms with Crippen LogP contribution >= 0.6 is 0 Å². The molecule has 216 valence electrons. The molecule has 0 bridgehead atoms. The van der Waals surface area contributed by atoms with Crippen LogP contribution in [0, 0.1) is 0 Å². The molecule has 0 fully saturated rings. The lowest BCUT2D eigenvalue weighted by Gasteiger charge is -2.28. The van der Waals surface area contributed by atoms with E-state index in [1.54, 1.807) is 0 Å². The van der Waals surface area contributed by atoms with Gasteiger partial charge in [0.15, 0.2) is 0 Å². The minimum atomic E-state index is 1.13. The van der Waals surface area contributed by atoms with Gasteiger partial charge in [-0.2, -0.15) is 0 Å². The van der Waals surface area contributed by atoms with E-state index < -0.39 is 0 Å². The summed E-state index contributed by atoms with van der Waals surface area (Å²) in [4.78, 5) is 4.74. The lowest BCUT2D eigenvalue weighted by Crippen LogP contribution is -2.11. The Balaban J connectivity index is 1.36. The van der Waals surface area contributed by atoms with Crippen LogP contribution in [0.1, 0.15) is 0 Å². The van der Waals surface area contributed by atoms with Gasteiger partial charge in [0.25, 0.3) is 0 Å². The molecule has 2 heteroatoms. The van der Waals surface area contributed by atoms with Crippen molar-refractivity contribution in [2.45, 2.75) is 0 Å². The molecule has 0 radical (unpaired) electrons. The first-order valence-corrected chi connectivity index (χ1v) is 15.8. The first-order valence-electron chi connectivity index (χ1n) is 15.8. The third kappa shape index (κ3) is 4.35. The molecule has 8 aromatic rings. The zero-order valence-corrected chi connectivity index (χ0v) is 25.2. The van der Waals surface area contributed by atoms with E-state index in [2.05, 4.69) is 192 Å². The zero-order chi connectivity index (χ0) is 30.5. The number of para-hydroxylation sites is 4. The lowest BCUT2D eigenvalue weighted by atomic mass is 9.98. The topological polar surface area (TPSA) is 6.48 Å². The average molecular weight is 587 g/mol. The summed E-state index contributed by atoms with van der Waals surface area (Å²) in [5.74, 6) is 0. The van der Waals surface area contributed by atoms with Gasteiger partial charge in [0.1, 0.15) is 0 Å². The number of nitrogens with zero attached hydrogens (tertiary/aromatic N) is 2. The van der Waals surface area contributed by atoms with Gasteiger partial charge in [-0.1, -0.05) is 97.1 Å². The molecule has 0 atom stereocenters. The molecule has 0 saturated heterocycles. The molecule has 9 rings (SSSR count). The van der Waals surface area contributed by atoms with Crippen LogP contribution in [0.4, 0.5) is 34.1 Å². The maximum Gasteiger partial charge on any atom is 0.0474 e. The molecule has 1 aliphatic carbocycles. The van der Waals surface area contributed by atoms with Gasteiger partial charge in [0.05, 0.1) is 0 Å². The van der Waals surface area contributed by atoms with Gasteiger partial charge in [0.2, 0.25) is 0 Å². The molecule has 0 saturated carbocycles. The van der Waals surface area contributed by atoms with Crippen LogP contribution in [0.5, 0.6) is 0 Å². The highest BCUT2D eigenvalue weighted by Gasteiger charge is 2.27. The number of anilines is 6. The Bertz CT molecular complexity index is 2110. The van der Waals surface area contributed by atoms with Crippen molar-refractivity contribution in [3.05, 3.63) is 182 Å². The Morgan fingerprint density at radius 1 is 0.239 bits per heavy atom. The van der Waals surface area contributed by atoms with Crippen molar-refractivity contribution in [3.63, 3.8) is 0 Å². The number of benzene rings is 8. The van der Waals surface area contributed by atoms with E-state index in [9.17, 15) is 0 Å². The Morgan fingerprint density at radius 2 is 0.565 bits per heavy atom. The highest BCUT2D eigenvalue weighted by Crippen LogP contribution is 2.53. The summed E-state index contributed by atoms with van der Waals surface area (Å²) >= 11 is 0. The molecule has 0 unspecified atom stereocenters. The third-order valence-corrected chi connectivity index (χ3v) is 9.06. The van der Waals surface area contributed by atoms with Crippen LogP contribution in [0.25, 0.3) is 43.8 Å². The van der Waals surface area contributed by atoms with E-state index in [1.165, 1.54) is 43.8 Å². The minimum absolute atomic E-state index is 1.13. The van der Waals surface area contributed by atoms with E-state index in [0.29, 0.717) is 0 Å². The van der Waals surface area contributed by atoms with E-state index in [0.717, 1.165) is 34.1 Å². The summed E-state index contributed by atoms with van der Waals surface area (Å²) in [5, 5.41) is 5.03. The van der Waals surface area contributed by atoms with Crippen LogP contribution < -0.4 is 9.80 Å². The van der Waals surface area contributed by atoms with Crippen molar-refractivity contribution >= 4 is 55.7 Å². The minimum Gasteiger partial charge on any atom is -0.310 e. The molecule has 1 aliphatic rings. The van der Waals surface area contributed by atoms with E-state index in [1.807, 2.05) is 0 Å². The number of rotatable bonds is 6. The summed E-state index contributed by atoms with van der Waals surface area (Å²) in [7, 11) is 0. The quantitative estimate of drug-likeness (QED) is 0.191. The van der Waals surface area contributed by atoms with Gasteiger partial charge in [-0.15, -0.1) is 0 Å². The fourth-order valence-corrected chi connectivity index (χ4v) is 7.06. The van der Waals surface area contributed by atoms with Crippen molar-refractivity contribution in [2.75, 3.05) is 9.80 Å². The van der Waals surface area contributed by atoms with Crippen LogP contribution in [-0.4, -0.2) is 0 Å². The fraction of sp³-hybridized carbons (Fsp3) is 0. The second kappa shape index (κ2) is 10.8. The van der Waals surface area contributed by atoms with Gasteiger partial charge >= 0.3 is 0 Å². The number of hydrogen-bond donors (Lipinski definition) is 0. The van der Waals surface area contributed by atoms with Crippen molar-refractivity contribution in [1.82, 2.24) is 0 Å². The van der Waals surface area contributed by atoms with Crippen LogP contribution in [0.3, 0.4) is 0 Å².